The van der Waals surface area contributed by atoms with Crippen molar-refractivity contribution in [1.82, 2.24) is 4.90 Å². The number of amides is 1. The van der Waals surface area contributed by atoms with Gasteiger partial charge in [-0.2, -0.15) is 0 Å². The number of hydrogen-bond acceptors (Lipinski definition) is 2. The molecule has 0 aliphatic carbocycles. The van der Waals surface area contributed by atoms with Crippen molar-refractivity contribution in [1.29, 1.82) is 0 Å². The van der Waals surface area contributed by atoms with E-state index in [1.165, 1.54) is 7.11 Å². The molecule has 0 unspecified atom stereocenters. The zero-order valence-corrected chi connectivity index (χ0v) is 12.3. The Hall–Kier alpha value is -0.930. The number of hydrogen-bond donors (Lipinski definition) is 0. The highest BCUT2D eigenvalue weighted by Crippen LogP contribution is 2.24. The first-order chi connectivity index (χ1) is 8.51. The number of alkyl halides is 1. The summed E-state index contributed by atoms with van der Waals surface area (Å²) < 4.78 is 5.19. The monoisotopic (exact) mass is 289 g/mol. The summed E-state index contributed by atoms with van der Waals surface area (Å²) in [6.07, 6.45) is 0. The van der Waals surface area contributed by atoms with E-state index in [0.29, 0.717) is 28.8 Å². The number of carbonyl (C=O) groups excluding carboxylic acids is 1. The van der Waals surface area contributed by atoms with Crippen molar-refractivity contribution in [2.45, 2.75) is 19.9 Å². The van der Waals surface area contributed by atoms with Crippen molar-refractivity contribution in [3.05, 3.63) is 28.8 Å². The molecule has 0 spiro atoms. The number of methoxy groups -OCH3 is 1. The van der Waals surface area contributed by atoms with Crippen molar-refractivity contribution in [2.75, 3.05) is 19.5 Å². The van der Waals surface area contributed by atoms with Gasteiger partial charge in [0, 0.05) is 23.5 Å². The summed E-state index contributed by atoms with van der Waals surface area (Å²) in [5, 5.41) is 0.508. The Morgan fingerprint density at radius 3 is 2.61 bits per heavy atom. The average Bonchev–Trinajstić information content (AvgIpc) is 2.34. The van der Waals surface area contributed by atoms with Gasteiger partial charge in [0.25, 0.3) is 5.91 Å². The van der Waals surface area contributed by atoms with E-state index in [2.05, 4.69) is 0 Å². The second-order valence-corrected chi connectivity index (χ2v) is 4.94. The second-order valence-electron chi connectivity index (χ2n) is 4.13. The smallest absolute Gasteiger partial charge is 0.257 e. The summed E-state index contributed by atoms with van der Waals surface area (Å²) in [7, 11) is 1.53. The van der Waals surface area contributed by atoms with E-state index in [0.717, 1.165) is 0 Å². The first kappa shape index (κ1) is 15.1. The van der Waals surface area contributed by atoms with E-state index in [4.69, 9.17) is 27.9 Å². The molecule has 1 amide bonds. The van der Waals surface area contributed by atoms with Gasteiger partial charge in [0.05, 0.1) is 12.7 Å². The van der Waals surface area contributed by atoms with E-state index in [1.807, 2.05) is 13.8 Å². The van der Waals surface area contributed by atoms with Crippen LogP contribution >= 0.6 is 23.2 Å². The summed E-state index contributed by atoms with van der Waals surface area (Å²) in [5.74, 6) is 0.793. The van der Waals surface area contributed by atoms with E-state index in [9.17, 15) is 4.79 Å². The van der Waals surface area contributed by atoms with Crippen LogP contribution in [-0.4, -0.2) is 36.4 Å². The molecule has 0 aromatic heterocycles. The molecule has 0 saturated heterocycles. The minimum atomic E-state index is -0.120. The molecule has 3 nitrogen and oxygen atoms in total. The Morgan fingerprint density at radius 2 is 2.11 bits per heavy atom. The molecule has 5 heteroatoms. The molecule has 100 valence electrons. The van der Waals surface area contributed by atoms with Gasteiger partial charge < -0.3 is 9.64 Å². The van der Waals surface area contributed by atoms with Crippen LogP contribution in [0.25, 0.3) is 0 Å². The van der Waals surface area contributed by atoms with Gasteiger partial charge >= 0.3 is 0 Å². The van der Waals surface area contributed by atoms with Crippen molar-refractivity contribution >= 4 is 29.1 Å². The molecule has 1 rings (SSSR count). The molecule has 0 bridgehead atoms. The maximum absolute atomic E-state index is 12.4. The van der Waals surface area contributed by atoms with Crippen LogP contribution in [0.4, 0.5) is 0 Å². The van der Waals surface area contributed by atoms with Gasteiger partial charge in [-0.15, -0.1) is 11.6 Å². The van der Waals surface area contributed by atoms with Crippen LogP contribution in [0.2, 0.25) is 5.02 Å². The highest BCUT2D eigenvalue weighted by molar-refractivity contribution is 6.31. The fourth-order valence-electron chi connectivity index (χ4n) is 1.69. The van der Waals surface area contributed by atoms with E-state index < -0.39 is 0 Å². The fraction of sp³-hybridized carbons (Fsp3) is 0.462. The number of rotatable bonds is 5. The minimum absolute atomic E-state index is 0.0694. The molecule has 0 aliphatic heterocycles. The third kappa shape index (κ3) is 3.53. The number of nitrogens with zero attached hydrogens (tertiary/aromatic N) is 1. The molecule has 0 radical (unpaired) electrons. The fourth-order valence-corrected chi connectivity index (χ4v) is 2.04. The lowest BCUT2D eigenvalue weighted by Gasteiger charge is -2.26. The lowest BCUT2D eigenvalue weighted by Crippen LogP contribution is -2.38. The average molecular weight is 290 g/mol. The van der Waals surface area contributed by atoms with E-state index >= 15 is 0 Å². The Labute approximate surface area is 118 Å². The van der Waals surface area contributed by atoms with Crippen LogP contribution in [0.3, 0.4) is 0 Å². The molecule has 0 aliphatic rings. The lowest BCUT2D eigenvalue weighted by molar-refractivity contribution is 0.0715. The second kappa shape index (κ2) is 6.86. The molecule has 1 aromatic rings. The SMILES string of the molecule is COc1ccc(Cl)cc1C(=O)N(CCCl)C(C)C. The largest absolute Gasteiger partial charge is 0.496 e. The lowest BCUT2D eigenvalue weighted by atomic mass is 10.1. The van der Waals surface area contributed by atoms with Gasteiger partial charge in [-0.25, -0.2) is 0 Å². The highest BCUT2D eigenvalue weighted by atomic mass is 35.5. The molecule has 0 atom stereocenters. The normalized spacial score (nSPS) is 10.6. The molecule has 0 fully saturated rings. The maximum Gasteiger partial charge on any atom is 0.257 e. The summed E-state index contributed by atoms with van der Waals surface area (Å²) in [4.78, 5) is 14.1. The Bertz CT molecular complexity index is 421. The molecule has 0 saturated carbocycles. The number of ether oxygens (including phenoxy) is 1. The van der Waals surface area contributed by atoms with Crippen molar-refractivity contribution in [3.8, 4) is 5.75 Å². The first-order valence-corrected chi connectivity index (χ1v) is 6.63. The molecule has 18 heavy (non-hydrogen) atoms. The first-order valence-electron chi connectivity index (χ1n) is 5.71. The predicted molar refractivity (Wildman–Crippen MR) is 74.9 cm³/mol. The van der Waals surface area contributed by atoms with Crippen LogP contribution in [-0.2, 0) is 0 Å². The van der Waals surface area contributed by atoms with Gasteiger partial charge in [-0.05, 0) is 32.0 Å². The molecule has 0 heterocycles. The Kier molecular flexibility index (Phi) is 5.76. The highest BCUT2D eigenvalue weighted by Gasteiger charge is 2.21. The summed E-state index contributed by atoms with van der Waals surface area (Å²) >= 11 is 11.7. The molecule has 1 aromatic carbocycles. The zero-order valence-electron chi connectivity index (χ0n) is 10.7. The van der Waals surface area contributed by atoms with Crippen LogP contribution in [0.15, 0.2) is 18.2 Å². The predicted octanol–water partition coefficient (Wildman–Crippen LogP) is 3.44. The number of halogens is 2. The third-order valence-electron chi connectivity index (χ3n) is 2.60. The third-order valence-corrected chi connectivity index (χ3v) is 3.01. The Balaban J connectivity index is 3.11. The number of carbonyl (C=O) groups is 1. The molecular formula is C13H17Cl2NO2. The van der Waals surface area contributed by atoms with Crippen LogP contribution in [0, 0.1) is 0 Å². The molecular weight excluding hydrogens is 273 g/mol. The summed E-state index contributed by atoms with van der Waals surface area (Å²) in [5.41, 5.74) is 0.462. The molecule has 0 N–H and O–H groups in total. The van der Waals surface area contributed by atoms with E-state index in [-0.39, 0.29) is 11.9 Å². The van der Waals surface area contributed by atoms with Crippen LogP contribution < -0.4 is 4.74 Å². The van der Waals surface area contributed by atoms with E-state index in [1.54, 1.807) is 23.1 Å². The van der Waals surface area contributed by atoms with Crippen LogP contribution in [0.5, 0.6) is 5.75 Å². The maximum atomic E-state index is 12.4. The van der Waals surface area contributed by atoms with Crippen molar-refractivity contribution < 1.29 is 9.53 Å². The topological polar surface area (TPSA) is 29.5 Å². The standard InChI is InChI=1S/C13H17Cl2NO2/c1-9(2)16(7-6-14)13(17)11-8-10(15)4-5-12(11)18-3/h4-5,8-9H,6-7H2,1-3H3. The van der Waals surface area contributed by atoms with Gasteiger partial charge in [0.2, 0.25) is 0 Å². The summed E-state index contributed by atoms with van der Waals surface area (Å²) in [6.45, 7) is 4.39. The minimum Gasteiger partial charge on any atom is -0.496 e. The van der Waals surface area contributed by atoms with Crippen molar-refractivity contribution in [3.63, 3.8) is 0 Å². The summed E-state index contributed by atoms with van der Waals surface area (Å²) in [6, 6.07) is 5.07. The Morgan fingerprint density at radius 1 is 1.44 bits per heavy atom. The quantitative estimate of drug-likeness (QED) is 0.777. The van der Waals surface area contributed by atoms with Gasteiger partial charge in [0.1, 0.15) is 5.75 Å². The van der Waals surface area contributed by atoms with Gasteiger partial charge in [-0.3, -0.25) is 4.79 Å². The van der Waals surface area contributed by atoms with Crippen LogP contribution in [0.1, 0.15) is 24.2 Å². The van der Waals surface area contributed by atoms with Gasteiger partial charge in [0.15, 0.2) is 0 Å². The van der Waals surface area contributed by atoms with Gasteiger partial charge in [-0.1, -0.05) is 11.6 Å². The number of benzene rings is 1. The van der Waals surface area contributed by atoms with Crippen molar-refractivity contribution in [2.24, 2.45) is 0 Å². The zero-order chi connectivity index (χ0) is 13.7.